The zero-order valence-electron chi connectivity index (χ0n) is 18.2. The molecule has 2 aromatic rings. The van der Waals surface area contributed by atoms with Crippen LogP contribution in [0.25, 0.3) is 10.7 Å². The summed E-state index contributed by atoms with van der Waals surface area (Å²) in [6, 6.07) is 1.66. The first-order valence-electron chi connectivity index (χ1n) is 11.2. The minimum absolute atomic E-state index is 0.122. The van der Waals surface area contributed by atoms with Crippen molar-refractivity contribution in [3.8, 4) is 10.7 Å². The van der Waals surface area contributed by atoms with Gasteiger partial charge in [0.1, 0.15) is 0 Å². The number of aromatic nitrogens is 2. The van der Waals surface area contributed by atoms with Gasteiger partial charge in [-0.3, -0.25) is 4.79 Å². The van der Waals surface area contributed by atoms with Crippen LogP contribution in [0.4, 0.5) is 0 Å². The summed E-state index contributed by atoms with van der Waals surface area (Å²) in [5.41, 5.74) is 0. The predicted octanol–water partition coefficient (Wildman–Crippen LogP) is 2.63. The van der Waals surface area contributed by atoms with Gasteiger partial charge in [0.2, 0.25) is 27.6 Å². The number of carbonyl (C=O) groups is 1. The van der Waals surface area contributed by atoms with Crippen LogP contribution in [0.5, 0.6) is 0 Å². The molecule has 4 heterocycles. The van der Waals surface area contributed by atoms with Crippen molar-refractivity contribution < 1.29 is 22.5 Å². The number of thiophene rings is 1. The molecule has 0 unspecified atom stereocenters. The molecule has 0 aromatic carbocycles. The van der Waals surface area contributed by atoms with Gasteiger partial charge in [0, 0.05) is 42.9 Å². The van der Waals surface area contributed by atoms with Crippen LogP contribution in [0, 0.1) is 12.8 Å². The highest BCUT2D eigenvalue weighted by Gasteiger charge is 2.36. The van der Waals surface area contributed by atoms with Crippen molar-refractivity contribution >= 4 is 27.3 Å². The molecule has 2 aromatic heterocycles. The lowest BCUT2D eigenvalue weighted by Gasteiger charge is -2.35. The normalized spacial score (nSPS) is 21.6. The van der Waals surface area contributed by atoms with Crippen molar-refractivity contribution in [2.24, 2.45) is 5.92 Å². The van der Waals surface area contributed by atoms with Gasteiger partial charge in [0.05, 0.1) is 23.0 Å². The Kier molecular flexibility index (Phi) is 6.08. The highest BCUT2D eigenvalue weighted by atomic mass is 32.2. The first kappa shape index (κ1) is 22.0. The minimum Gasteiger partial charge on any atom is -0.378 e. The average Bonchev–Trinajstić information content (AvgIpc) is 3.40. The van der Waals surface area contributed by atoms with E-state index in [9.17, 15) is 13.2 Å². The van der Waals surface area contributed by atoms with Gasteiger partial charge in [-0.1, -0.05) is 11.6 Å². The second-order valence-electron chi connectivity index (χ2n) is 8.73. The molecule has 0 radical (unpaired) electrons. The molecule has 32 heavy (non-hydrogen) atoms. The van der Waals surface area contributed by atoms with E-state index in [4.69, 9.17) is 9.26 Å². The third-order valence-electron chi connectivity index (χ3n) is 6.73. The molecule has 0 spiro atoms. The van der Waals surface area contributed by atoms with Crippen molar-refractivity contribution in [2.75, 3.05) is 39.4 Å². The average molecular weight is 481 g/mol. The number of hydrogen-bond donors (Lipinski definition) is 0. The number of hydrogen-bond acceptors (Lipinski definition) is 8. The summed E-state index contributed by atoms with van der Waals surface area (Å²) in [4.78, 5) is 20.8. The molecule has 0 atom stereocenters. The lowest BCUT2D eigenvalue weighted by Crippen LogP contribution is -2.47. The van der Waals surface area contributed by atoms with Crippen molar-refractivity contribution in [1.29, 1.82) is 0 Å². The fourth-order valence-corrected chi connectivity index (χ4v) is 7.47. The Balaban J connectivity index is 1.27. The number of carbonyl (C=O) groups excluding carboxylic acids is 1. The van der Waals surface area contributed by atoms with Crippen molar-refractivity contribution in [2.45, 2.75) is 49.8 Å². The Hall–Kier alpha value is -1.82. The van der Waals surface area contributed by atoms with Gasteiger partial charge in [-0.25, -0.2) is 8.42 Å². The fourth-order valence-electron chi connectivity index (χ4n) is 4.51. The third kappa shape index (κ3) is 4.11. The number of rotatable bonds is 5. The third-order valence-corrected chi connectivity index (χ3v) is 9.93. The number of nitrogens with zero attached hydrogens (tertiary/aromatic N) is 4. The van der Waals surface area contributed by atoms with Gasteiger partial charge >= 0.3 is 0 Å². The van der Waals surface area contributed by atoms with E-state index in [-0.39, 0.29) is 11.8 Å². The van der Waals surface area contributed by atoms with E-state index in [1.807, 2.05) is 11.8 Å². The number of sulfonamides is 1. The molecular weight excluding hydrogens is 452 g/mol. The largest absolute Gasteiger partial charge is 0.378 e. The lowest BCUT2D eigenvalue weighted by atomic mass is 9.85. The minimum atomic E-state index is -3.64. The van der Waals surface area contributed by atoms with Crippen molar-refractivity contribution in [3.05, 3.63) is 16.8 Å². The topological polar surface area (TPSA) is 106 Å². The Labute approximate surface area is 191 Å². The summed E-state index contributed by atoms with van der Waals surface area (Å²) in [5, 5.41) is 4.08. The maximum atomic E-state index is 13.4. The summed E-state index contributed by atoms with van der Waals surface area (Å²) in [7, 11) is -3.64. The molecule has 3 fully saturated rings. The standard InChI is InChI=1S/C21H28N4O5S2/c1-14-18(13-17(31-14)19-22-20(30-23-19)15-3-2-4-15)32(27,28)25-7-5-16(6-8-25)21(26)24-9-11-29-12-10-24/h13,15-16H,2-12H2,1H3. The van der Waals surface area contributed by atoms with Gasteiger partial charge < -0.3 is 14.2 Å². The molecule has 3 aliphatic rings. The summed E-state index contributed by atoms with van der Waals surface area (Å²) < 4.78 is 38.9. The van der Waals surface area contributed by atoms with Gasteiger partial charge in [0.15, 0.2) is 0 Å². The molecule has 9 nitrogen and oxygen atoms in total. The number of piperidine rings is 1. The maximum absolute atomic E-state index is 13.4. The number of morpholine rings is 1. The van der Waals surface area contributed by atoms with Crippen LogP contribution in [-0.2, 0) is 19.6 Å². The number of aryl methyl sites for hydroxylation is 1. The van der Waals surface area contributed by atoms with E-state index in [0.29, 0.717) is 84.5 Å². The Morgan fingerprint density at radius 3 is 2.50 bits per heavy atom. The molecule has 1 saturated carbocycles. The fraction of sp³-hybridized carbons (Fsp3) is 0.667. The zero-order chi connectivity index (χ0) is 22.3. The maximum Gasteiger partial charge on any atom is 0.244 e. The number of ether oxygens (including phenoxy) is 1. The van der Waals surface area contributed by atoms with Crippen molar-refractivity contribution in [3.63, 3.8) is 0 Å². The second-order valence-corrected chi connectivity index (χ2v) is 11.9. The first-order chi connectivity index (χ1) is 15.4. The smallest absolute Gasteiger partial charge is 0.244 e. The Morgan fingerprint density at radius 2 is 1.84 bits per heavy atom. The van der Waals surface area contributed by atoms with Crippen LogP contribution in [-0.4, -0.2) is 73.1 Å². The summed E-state index contributed by atoms with van der Waals surface area (Å²) in [5.74, 6) is 1.44. The van der Waals surface area contributed by atoms with Gasteiger partial charge in [-0.15, -0.1) is 11.3 Å². The number of amides is 1. The van der Waals surface area contributed by atoms with Gasteiger partial charge in [-0.05, 0) is 38.7 Å². The van der Waals surface area contributed by atoms with Crippen LogP contribution in [0.2, 0.25) is 0 Å². The molecular formula is C21H28N4O5S2. The highest BCUT2D eigenvalue weighted by Crippen LogP contribution is 2.38. The second kappa shape index (κ2) is 8.85. The van der Waals surface area contributed by atoms with Crippen LogP contribution in [0.3, 0.4) is 0 Å². The molecule has 5 rings (SSSR count). The summed E-state index contributed by atoms with van der Waals surface area (Å²) in [6.07, 6.45) is 4.39. The van der Waals surface area contributed by atoms with E-state index >= 15 is 0 Å². The Bertz CT molecular complexity index is 1080. The predicted molar refractivity (Wildman–Crippen MR) is 118 cm³/mol. The van der Waals surface area contributed by atoms with Crippen LogP contribution in [0.15, 0.2) is 15.5 Å². The summed E-state index contributed by atoms with van der Waals surface area (Å²) >= 11 is 1.37. The monoisotopic (exact) mass is 480 g/mol. The lowest BCUT2D eigenvalue weighted by molar-refractivity contribution is -0.140. The highest BCUT2D eigenvalue weighted by molar-refractivity contribution is 7.89. The summed E-state index contributed by atoms with van der Waals surface area (Å²) in [6.45, 7) is 4.88. The molecule has 174 valence electrons. The molecule has 1 aliphatic carbocycles. The van der Waals surface area contributed by atoms with Crippen LogP contribution >= 0.6 is 11.3 Å². The SMILES string of the molecule is Cc1sc(-c2noc(C3CCC3)n2)cc1S(=O)(=O)N1CCC(C(=O)N2CCOCC2)CC1. The van der Waals surface area contributed by atoms with E-state index in [2.05, 4.69) is 10.1 Å². The van der Waals surface area contributed by atoms with E-state index in [1.54, 1.807) is 6.07 Å². The van der Waals surface area contributed by atoms with E-state index in [0.717, 1.165) is 12.8 Å². The molecule has 2 aliphatic heterocycles. The van der Waals surface area contributed by atoms with Gasteiger partial charge in [0.25, 0.3) is 0 Å². The molecule has 2 saturated heterocycles. The van der Waals surface area contributed by atoms with Crippen LogP contribution < -0.4 is 0 Å². The van der Waals surface area contributed by atoms with E-state index in [1.165, 1.54) is 22.1 Å². The molecule has 0 N–H and O–H groups in total. The van der Waals surface area contributed by atoms with E-state index < -0.39 is 10.0 Å². The molecule has 11 heteroatoms. The quantitative estimate of drug-likeness (QED) is 0.648. The molecule has 0 bridgehead atoms. The first-order valence-corrected chi connectivity index (χ1v) is 13.5. The zero-order valence-corrected chi connectivity index (χ0v) is 19.8. The van der Waals surface area contributed by atoms with Gasteiger partial charge in [-0.2, -0.15) is 9.29 Å². The molecule has 1 amide bonds. The van der Waals surface area contributed by atoms with Crippen LogP contribution in [0.1, 0.15) is 48.8 Å². The Morgan fingerprint density at radius 1 is 1.12 bits per heavy atom. The van der Waals surface area contributed by atoms with Crippen molar-refractivity contribution in [1.82, 2.24) is 19.3 Å².